The summed E-state index contributed by atoms with van der Waals surface area (Å²) in [6, 6.07) is -0.627. The van der Waals surface area contributed by atoms with Crippen molar-refractivity contribution in [3.05, 3.63) is 0 Å². The smallest absolute Gasteiger partial charge is 0.317 e. The molecule has 27 heavy (non-hydrogen) atoms. The molecule has 1 saturated heterocycles. The van der Waals surface area contributed by atoms with Crippen molar-refractivity contribution in [2.75, 3.05) is 19.6 Å². The Bertz CT molecular complexity index is 542. The van der Waals surface area contributed by atoms with Crippen LogP contribution in [0.3, 0.4) is 0 Å². The van der Waals surface area contributed by atoms with Gasteiger partial charge in [0.15, 0.2) is 0 Å². The van der Waals surface area contributed by atoms with Crippen molar-refractivity contribution in [3.8, 4) is 0 Å². The zero-order chi connectivity index (χ0) is 20.9. The highest BCUT2D eigenvalue weighted by Gasteiger charge is 2.36. The zero-order valence-electron chi connectivity index (χ0n) is 18.3. The monoisotopic (exact) mass is 382 g/mol. The molecule has 2 N–H and O–H groups in total. The maximum absolute atomic E-state index is 13.2. The summed E-state index contributed by atoms with van der Waals surface area (Å²) in [4.78, 5) is 41.5. The normalized spacial score (nSPS) is 20.3. The minimum atomic E-state index is -0.549. The highest BCUT2D eigenvalue weighted by Crippen LogP contribution is 2.19. The first-order chi connectivity index (χ1) is 12.4. The van der Waals surface area contributed by atoms with Crippen LogP contribution in [0.1, 0.15) is 61.8 Å². The van der Waals surface area contributed by atoms with Crippen LogP contribution in [-0.4, -0.2) is 65.4 Å². The van der Waals surface area contributed by atoms with Gasteiger partial charge in [-0.2, -0.15) is 0 Å². The van der Waals surface area contributed by atoms with Gasteiger partial charge in [-0.3, -0.25) is 9.59 Å². The Morgan fingerprint density at radius 3 is 2.11 bits per heavy atom. The van der Waals surface area contributed by atoms with E-state index in [0.717, 1.165) is 6.42 Å². The lowest BCUT2D eigenvalue weighted by Gasteiger charge is -2.42. The summed E-state index contributed by atoms with van der Waals surface area (Å²) < 4.78 is 0. The summed E-state index contributed by atoms with van der Waals surface area (Å²) in [5.41, 5.74) is -0.549. The van der Waals surface area contributed by atoms with E-state index in [0.29, 0.717) is 19.6 Å². The Morgan fingerprint density at radius 1 is 1.07 bits per heavy atom. The first-order valence-electron chi connectivity index (χ1n) is 10.0. The lowest BCUT2D eigenvalue weighted by Crippen LogP contribution is -2.62. The molecule has 1 fully saturated rings. The number of nitrogens with zero attached hydrogens (tertiary/aromatic N) is 2. The number of carbonyl (C=O) groups excluding carboxylic acids is 3. The van der Waals surface area contributed by atoms with Crippen molar-refractivity contribution < 1.29 is 14.4 Å². The molecule has 7 nitrogen and oxygen atoms in total. The van der Waals surface area contributed by atoms with E-state index in [9.17, 15) is 14.4 Å². The molecule has 1 aliphatic rings. The number of hydrogen-bond acceptors (Lipinski definition) is 3. The number of carbonyl (C=O) groups is 3. The molecule has 4 amide bonds. The van der Waals surface area contributed by atoms with Crippen LogP contribution in [0.25, 0.3) is 0 Å². The molecule has 0 aromatic rings. The number of nitrogens with one attached hydrogen (secondary N) is 2. The summed E-state index contributed by atoms with van der Waals surface area (Å²) in [6.07, 6.45) is 0.799. The van der Waals surface area contributed by atoms with Crippen LogP contribution in [0, 0.1) is 11.3 Å². The van der Waals surface area contributed by atoms with Crippen LogP contribution in [-0.2, 0) is 9.59 Å². The molecule has 0 aromatic heterocycles. The highest BCUT2D eigenvalue weighted by molar-refractivity contribution is 5.90. The fourth-order valence-electron chi connectivity index (χ4n) is 3.03. The van der Waals surface area contributed by atoms with Crippen LogP contribution in [0.15, 0.2) is 0 Å². The molecule has 0 aliphatic carbocycles. The molecule has 0 saturated carbocycles. The van der Waals surface area contributed by atoms with Crippen molar-refractivity contribution in [2.45, 2.75) is 79.9 Å². The second kappa shape index (κ2) is 9.42. The number of amides is 4. The molecular formula is C20H38N4O3. The van der Waals surface area contributed by atoms with Gasteiger partial charge < -0.3 is 20.4 Å². The third-order valence-corrected chi connectivity index (χ3v) is 5.06. The third kappa shape index (κ3) is 6.40. The van der Waals surface area contributed by atoms with Gasteiger partial charge in [0.25, 0.3) is 0 Å². The van der Waals surface area contributed by atoms with Gasteiger partial charge in [0.05, 0.1) is 0 Å². The van der Waals surface area contributed by atoms with Gasteiger partial charge in [-0.15, -0.1) is 0 Å². The minimum absolute atomic E-state index is 0.0429. The maximum Gasteiger partial charge on any atom is 0.317 e. The van der Waals surface area contributed by atoms with E-state index in [2.05, 4.69) is 10.6 Å². The molecule has 0 radical (unpaired) electrons. The van der Waals surface area contributed by atoms with E-state index in [4.69, 9.17) is 0 Å². The van der Waals surface area contributed by atoms with Crippen molar-refractivity contribution in [3.63, 3.8) is 0 Å². The lowest BCUT2D eigenvalue weighted by molar-refractivity contribution is -0.141. The quantitative estimate of drug-likeness (QED) is 0.765. The first-order valence-corrected chi connectivity index (χ1v) is 10.0. The van der Waals surface area contributed by atoms with Crippen LogP contribution in [0.4, 0.5) is 4.79 Å². The highest BCUT2D eigenvalue weighted by atomic mass is 16.2. The van der Waals surface area contributed by atoms with E-state index < -0.39 is 11.5 Å². The van der Waals surface area contributed by atoms with Gasteiger partial charge >= 0.3 is 6.03 Å². The molecule has 1 aliphatic heterocycles. The fourth-order valence-corrected chi connectivity index (χ4v) is 3.03. The Hall–Kier alpha value is -1.79. The van der Waals surface area contributed by atoms with Crippen molar-refractivity contribution in [1.29, 1.82) is 0 Å². The second-order valence-corrected chi connectivity index (χ2v) is 9.02. The van der Waals surface area contributed by atoms with Gasteiger partial charge in [-0.1, -0.05) is 41.0 Å². The van der Waals surface area contributed by atoms with E-state index in [1.165, 1.54) is 0 Å². The number of piperazine rings is 1. The van der Waals surface area contributed by atoms with E-state index in [-0.39, 0.29) is 35.8 Å². The average Bonchev–Trinajstić information content (AvgIpc) is 2.56. The topological polar surface area (TPSA) is 81.8 Å². The largest absolute Gasteiger partial charge is 0.344 e. The molecule has 0 aromatic carbocycles. The van der Waals surface area contributed by atoms with Gasteiger partial charge in [0.2, 0.25) is 11.8 Å². The molecule has 0 spiro atoms. The number of urea groups is 1. The Kier molecular flexibility index (Phi) is 8.11. The summed E-state index contributed by atoms with van der Waals surface area (Å²) in [5.74, 6) is -0.136. The Labute approximate surface area is 164 Å². The Morgan fingerprint density at radius 2 is 1.67 bits per heavy atom. The second-order valence-electron chi connectivity index (χ2n) is 9.02. The summed E-state index contributed by atoms with van der Waals surface area (Å²) in [5, 5.41) is 5.86. The molecule has 0 bridgehead atoms. The molecule has 3 unspecified atom stereocenters. The predicted octanol–water partition coefficient (Wildman–Crippen LogP) is 2.21. The van der Waals surface area contributed by atoms with E-state index >= 15 is 0 Å². The summed E-state index contributed by atoms with van der Waals surface area (Å²) in [6.45, 7) is 16.8. The van der Waals surface area contributed by atoms with Crippen LogP contribution in [0.5, 0.6) is 0 Å². The van der Waals surface area contributed by atoms with Crippen LogP contribution >= 0.6 is 0 Å². The molecule has 156 valence electrons. The van der Waals surface area contributed by atoms with Crippen LogP contribution < -0.4 is 10.6 Å². The first kappa shape index (κ1) is 23.2. The third-order valence-electron chi connectivity index (χ3n) is 5.06. The van der Waals surface area contributed by atoms with Crippen LogP contribution in [0.2, 0.25) is 0 Å². The zero-order valence-corrected chi connectivity index (χ0v) is 18.3. The van der Waals surface area contributed by atoms with Gasteiger partial charge in [0, 0.05) is 37.1 Å². The lowest BCUT2D eigenvalue weighted by atomic mass is 9.92. The standard InChI is InChI=1S/C20H38N4O3/c1-9-14(4)16(22-18(26)20(6,7)8)17(25)23-10-11-24(15(5)12-23)19(27)21-13(2)3/h13-16H,9-12H2,1-8H3,(H,21,27)(H,22,26). The van der Waals surface area contributed by atoms with Gasteiger partial charge in [0.1, 0.15) is 6.04 Å². The van der Waals surface area contributed by atoms with Crippen molar-refractivity contribution in [1.82, 2.24) is 20.4 Å². The van der Waals surface area contributed by atoms with Crippen molar-refractivity contribution >= 4 is 17.8 Å². The van der Waals surface area contributed by atoms with Gasteiger partial charge in [-0.05, 0) is 26.7 Å². The van der Waals surface area contributed by atoms with Gasteiger partial charge in [-0.25, -0.2) is 4.79 Å². The van der Waals surface area contributed by atoms with E-state index in [1.54, 1.807) is 9.80 Å². The molecule has 3 atom stereocenters. The number of hydrogen-bond donors (Lipinski definition) is 2. The molecule has 1 heterocycles. The molecular weight excluding hydrogens is 344 g/mol. The molecule has 1 rings (SSSR count). The minimum Gasteiger partial charge on any atom is -0.344 e. The summed E-state index contributed by atoms with van der Waals surface area (Å²) in [7, 11) is 0. The van der Waals surface area contributed by atoms with E-state index in [1.807, 2.05) is 55.4 Å². The molecule has 7 heteroatoms. The predicted molar refractivity (Wildman–Crippen MR) is 107 cm³/mol. The average molecular weight is 383 g/mol. The van der Waals surface area contributed by atoms with Crippen molar-refractivity contribution in [2.24, 2.45) is 11.3 Å². The summed E-state index contributed by atoms with van der Waals surface area (Å²) >= 11 is 0. The maximum atomic E-state index is 13.2. The fraction of sp³-hybridized carbons (Fsp3) is 0.850. The Balaban J connectivity index is 2.83. The number of rotatable bonds is 5. The SMILES string of the molecule is CCC(C)C(NC(=O)C(C)(C)C)C(=O)N1CCN(C(=O)NC(C)C)C(C)C1.